The zero-order chi connectivity index (χ0) is 12.1. The van der Waals surface area contributed by atoms with E-state index in [-0.39, 0.29) is 0 Å². The summed E-state index contributed by atoms with van der Waals surface area (Å²) in [5.41, 5.74) is 9.02. The molecule has 0 radical (unpaired) electrons. The topological polar surface area (TPSA) is 43.8 Å². The minimum Gasteiger partial charge on any atom is -0.399 e. The molecule has 1 heterocycles. The molecule has 1 aromatic carbocycles. The number of rotatable bonds is 4. The van der Waals surface area contributed by atoms with Crippen LogP contribution in [-0.4, -0.2) is 9.55 Å². The van der Waals surface area contributed by atoms with Gasteiger partial charge in [0, 0.05) is 18.2 Å². The Morgan fingerprint density at radius 1 is 1.22 bits per heavy atom. The van der Waals surface area contributed by atoms with E-state index >= 15 is 0 Å². The molecule has 2 aromatic rings. The fourth-order valence-electron chi connectivity index (χ4n) is 2.77. The van der Waals surface area contributed by atoms with Gasteiger partial charge in [0.05, 0.1) is 11.0 Å². The summed E-state index contributed by atoms with van der Waals surface area (Å²) in [4.78, 5) is 4.82. The number of nitrogens with zero attached hydrogens (tertiary/aromatic N) is 2. The van der Waals surface area contributed by atoms with Crippen molar-refractivity contribution in [2.45, 2.75) is 44.6 Å². The lowest BCUT2D eigenvalue weighted by Gasteiger charge is -2.08. The van der Waals surface area contributed by atoms with Gasteiger partial charge in [-0.25, -0.2) is 4.98 Å². The third-order valence-corrected chi connectivity index (χ3v) is 4.20. The first-order valence-electron chi connectivity index (χ1n) is 7.07. The summed E-state index contributed by atoms with van der Waals surface area (Å²) in [5.74, 6) is 2.98. The molecule has 2 aliphatic rings. The lowest BCUT2D eigenvalue weighted by Crippen LogP contribution is -2.03. The van der Waals surface area contributed by atoms with Crippen LogP contribution in [0.3, 0.4) is 0 Å². The molecule has 2 saturated carbocycles. The highest BCUT2D eigenvalue weighted by atomic mass is 15.1. The van der Waals surface area contributed by atoms with Crippen LogP contribution in [0.15, 0.2) is 18.2 Å². The Balaban J connectivity index is 1.76. The van der Waals surface area contributed by atoms with Crippen LogP contribution < -0.4 is 5.73 Å². The predicted octanol–water partition coefficient (Wildman–Crippen LogP) is 3.30. The summed E-state index contributed by atoms with van der Waals surface area (Å²) in [6.45, 7) is 1.14. The van der Waals surface area contributed by atoms with Crippen molar-refractivity contribution < 1.29 is 0 Å². The molecular weight excluding hydrogens is 222 g/mol. The standard InChI is InChI=1S/C15H19N3/c16-12-5-6-14-13(9-12)17-15(11-3-4-11)18(14)8-7-10-1-2-10/h5-6,9-11H,1-4,7-8,16H2. The molecule has 18 heavy (non-hydrogen) atoms. The lowest BCUT2D eigenvalue weighted by atomic mass is 10.2. The van der Waals surface area contributed by atoms with Crippen molar-refractivity contribution in [3.8, 4) is 0 Å². The molecule has 0 atom stereocenters. The maximum absolute atomic E-state index is 5.86. The molecule has 0 unspecified atom stereocenters. The van der Waals surface area contributed by atoms with Crippen LogP contribution in [-0.2, 0) is 6.54 Å². The number of nitrogen functional groups attached to an aromatic ring is 1. The smallest absolute Gasteiger partial charge is 0.112 e. The van der Waals surface area contributed by atoms with Gasteiger partial charge in [0.15, 0.2) is 0 Å². The summed E-state index contributed by atoms with van der Waals surface area (Å²) in [6, 6.07) is 6.14. The highest BCUT2D eigenvalue weighted by molar-refractivity contribution is 5.79. The Morgan fingerprint density at radius 2 is 2.06 bits per heavy atom. The third kappa shape index (κ3) is 1.78. The molecule has 1 aromatic heterocycles. The van der Waals surface area contributed by atoms with Crippen molar-refractivity contribution in [2.24, 2.45) is 5.92 Å². The second-order valence-corrected chi connectivity index (χ2v) is 5.88. The fraction of sp³-hybridized carbons (Fsp3) is 0.533. The van der Waals surface area contributed by atoms with Gasteiger partial charge in [-0.05, 0) is 43.4 Å². The van der Waals surface area contributed by atoms with Crippen molar-refractivity contribution in [1.82, 2.24) is 9.55 Å². The van der Waals surface area contributed by atoms with E-state index in [0.717, 1.165) is 23.7 Å². The second kappa shape index (κ2) is 3.74. The quantitative estimate of drug-likeness (QED) is 0.835. The molecule has 2 aliphatic carbocycles. The van der Waals surface area contributed by atoms with E-state index in [1.807, 2.05) is 12.1 Å². The molecule has 0 saturated heterocycles. The molecule has 3 heteroatoms. The molecule has 0 amide bonds. The second-order valence-electron chi connectivity index (χ2n) is 5.88. The van der Waals surface area contributed by atoms with E-state index in [1.165, 1.54) is 43.4 Å². The van der Waals surface area contributed by atoms with Gasteiger partial charge < -0.3 is 10.3 Å². The Bertz CT molecular complexity index is 591. The SMILES string of the molecule is Nc1ccc2c(c1)nc(C1CC1)n2CCC1CC1. The highest BCUT2D eigenvalue weighted by Gasteiger charge is 2.30. The Morgan fingerprint density at radius 3 is 2.78 bits per heavy atom. The predicted molar refractivity (Wildman–Crippen MR) is 73.5 cm³/mol. The van der Waals surface area contributed by atoms with Crippen LogP contribution in [0.5, 0.6) is 0 Å². The van der Waals surface area contributed by atoms with Crippen LogP contribution >= 0.6 is 0 Å². The summed E-state index contributed by atoms with van der Waals surface area (Å²) in [5, 5.41) is 0. The number of hydrogen-bond acceptors (Lipinski definition) is 2. The van der Waals surface area contributed by atoms with E-state index in [0.29, 0.717) is 5.92 Å². The van der Waals surface area contributed by atoms with Crippen molar-refractivity contribution in [3.63, 3.8) is 0 Å². The average molecular weight is 241 g/mol. The first kappa shape index (κ1) is 10.4. The van der Waals surface area contributed by atoms with Gasteiger partial charge >= 0.3 is 0 Å². The van der Waals surface area contributed by atoms with Gasteiger partial charge in [-0.15, -0.1) is 0 Å². The van der Waals surface area contributed by atoms with Gasteiger partial charge in [0.25, 0.3) is 0 Å². The number of benzene rings is 1. The number of nitrogens with two attached hydrogens (primary N) is 1. The van der Waals surface area contributed by atoms with Gasteiger partial charge in [-0.2, -0.15) is 0 Å². The Labute approximate surface area is 107 Å². The number of hydrogen-bond donors (Lipinski definition) is 1. The molecule has 0 aliphatic heterocycles. The normalized spacial score (nSPS) is 19.6. The molecule has 2 fully saturated rings. The van der Waals surface area contributed by atoms with E-state index in [4.69, 9.17) is 10.7 Å². The van der Waals surface area contributed by atoms with Gasteiger partial charge in [0.2, 0.25) is 0 Å². The lowest BCUT2D eigenvalue weighted by molar-refractivity contribution is 0.586. The van der Waals surface area contributed by atoms with Gasteiger partial charge in [-0.1, -0.05) is 12.8 Å². The van der Waals surface area contributed by atoms with Gasteiger partial charge in [0.1, 0.15) is 5.82 Å². The molecule has 3 nitrogen and oxygen atoms in total. The molecule has 0 spiro atoms. The van der Waals surface area contributed by atoms with Crippen LogP contribution in [0.4, 0.5) is 5.69 Å². The Kier molecular flexibility index (Phi) is 2.16. The zero-order valence-corrected chi connectivity index (χ0v) is 10.6. The van der Waals surface area contributed by atoms with Crippen molar-refractivity contribution >= 4 is 16.7 Å². The first-order chi connectivity index (χ1) is 8.81. The van der Waals surface area contributed by atoms with E-state index in [9.17, 15) is 0 Å². The van der Waals surface area contributed by atoms with Crippen LogP contribution in [0.2, 0.25) is 0 Å². The van der Waals surface area contributed by atoms with E-state index < -0.39 is 0 Å². The molecule has 94 valence electrons. The zero-order valence-electron chi connectivity index (χ0n) is 10.6. The highest BCUT2D eigenvalue weighted by Crippen LogP contribution is 2.41. The van der Waals surface area contributed by atoms with Crippen LogP contribution in [0.25, 0.3) is 11.0 Å². The number of aryl methyl sites for hydroxylation is 1. The maximum atomic E-state index is 5.86. The summed E-state index contributed by atoms with van der Waals surface area (Å²) in [7, 11) is 0. The van der Waals surface area contributed by atoms with Crippen molar-refractivity contribution in [2.75, 3.05) is 5.73 Å². The first-order valence-corrected chi connectivity index (χ1v) is 7.07. The molecule has 4 rings (SSSR count). The van der Waals surface area contributed by atoms with Crippen molar-refractivity contribution in [1.29, 1.82) is 0 Å². The summed E-state index contributed by atoms with van der Waals surface area (Å²) in [6.07, 6.45) is 6.79. The minimum atomic E-state index is 0.706. The molecular formula is C15H19N3. The van der Waals surface area contributed by atoms with Crippen LogP contribution in [0.1, 0.15) is 43.8 Å². The van der Waals surface area contributed by atoms with Crippen molar-refractivity contribution in [3.05, 3.63) is 24.0 Å². The third-order valence-electron chi connectivity index (χ3n) is 4.20. The largest absolute Gasteiger partial charge is 0.399 e. The van der Waals surface area contributed by atoms with E-state index in [1.54, 1.807) is 0 Å². The molecule has 2 N–H and O–H groups in total. The summed E-state index contributed by atoms with van der Waals surface area (Å²) < 4.78 is 2.45. The maximum Gasteiger partial charge on any atom is 0.112 e. The summed E-state index contributed by atoms with van der Waals surface area (Å²) >= 11 is 0. The molecule has 0 bridgehead atoms. The monoisotopic (exact) mass is 241 g/mol. The van der Waals surface area contributed by atoms with Crippen LogP contribution in [0, 0.1) is 5.92 Å². The number of anilines is 1. The number of imidazole rings is 1. The number of aromatic nitrogens is 2. The average Bonchev–Trinajstić information content (AvgIpc) is 3.23. The van der Waals surface area contributed by atoms with Gasteiger partial charge in [-0.3, -0.25) is 0 Å². The van der Waals surface area contributed by atoms with E-state index in [2.05, 4.69) is 10.6 Å². The number of fused-ring (bicyclic) bond motifs is 1. The Hall–Kier alpha value is -1.51. The fourth-order valence-corrected chi connectivity index (χ4v) is 2.77. The minimum absolute atomic E-state index is 0.706.